The van der Waals surface area contributed by atoms with E-state index in [1.54, 1.807) is 14.0 Å². The fourth-order valence-corrected chi connectivity index (χ4v) is 1.76. The number of hydrogen-bond acceptors (Lipinski definition) is 5. The van der Waals surface area contributed by atoms with Crippen molar-refractivity contribution in [3.05, 3.63) is 34.1 Å². The molecule has 0 saturated carbocycles. The first kappa shape index (κ1) is 16.8. The molecule has 0 heterocycles. The molecule has 1 amide bonds. The monoisotopic (exact) mass is 299 g/mol. The molecule has 7 nitrogen and oxygen atoms in total. The van der Waals surface area contributed by atoms with Crippen molar-refractivity contribution in [1.29, 1.82) is 0 Å². The molecule has 1 rings (SSSR count). The Morgan fingerprint density at radius 3 is 2.76 bits per heavy atom. The van der Waals surface area contributed by atoms with Crippen LogP contribution in [0.4, 0.5) is 10.1 Å². The predicted octanol–water partition coefficient (Wildman–Crippen LogP) is 1.36. The number of ether oxygens (including phenoxy) is 1. The van der Waals surface area contributed by atoms with Gasteiger partial charge in [-0.1, -0.05) is 6.07 Å². The van der Waals surface area contributed by atoms with E-state index in [1.807, 2.05) is 0 Å². The van der Waals surface area contributed by atoms with Crippen molar-refractivity contribution in [1.82, 2.24) is 5.32 Å². The molecule has 1 unspecified atom stereocenters. The number of benzene rings is 1. The van der Waals surface area contributed by atoms with E-state index in [2.05, 4.69) is 5.32 Å². The molecule has 1 aromatic rings. The number of primary amides is 1. The van der Waals surface area contributed by atoms with Crippen molar-refractivity contribution in [2.75, 3.05) is 13.7 Å². The molecule has 8 heteroatoms. The molecule has 21 heavy (non-hydrogen) atoms. The zero-order valence-electron chi connectivity index (χ0n) is 11.9. The SMILES string of the molecule is CNC(C)(CCCOc1c(F)cccc1[N+](=O)[O-])C(N)=O. The molecule has 0 radical (unpaired) electrons. The topological polar surface area (TPSA) is 107 Å². The fourth-order valence-electron chi connectivity index (χ4n) is 1.76. The summed E-state index contributed by atoms with van der Waals surface area (Å²) in [4.78, 5) is 21.4. The van der Waals surface area contributed by atoms with Crippen molar-refractivity contribution in [2.24, 2.45) is 5.73 Å². The molecular formula is C13H18FN3O4. The molecule has 116 valence electrons. The maximum atomic E-state index is 13.6. The number of rotatable bonds is 8. The van der Waals surface area contributed by atoms with Crippen LogP contribution in [-0.4, -0.2) is 30.0 Å². The molecule has 0 fully saturated rings. The van der Waals surface area contributed by atoms with E-state index in [-0.39, 0.29) is 6.61 Å². The number of amides is 1. The zero-order valence-corrected chi connectivity index (χ0v) is 11.9. The van der Waals surface area contributed by atoms with E-state index < -0.39 is 33.6 Å². The minimum atomic E-state index is -0.898. The molecule has 0 aliphatic carbocycles. The van der Waals surface area contributed by atoms with Gasteiger partial charge in [-0.05, 0) is 32.9 Å². The Kier molecular flexibility index (Phi) is 5.60. The lowest BCUT2D eigenvalue weighted by Gasteiger charge is -2.25. The van der Waals surface area contributed by atoms with Gasteiger partial charge in [0.25, 0.3) is 0 Å². The molecule has 0 spiro atoms. The smallest absolute Gasteiger partial charge is 0.314 e. The highest BCUT2D eigenvalue weighted by molar-refractivity contribution is 5.84. The Morgan fingerprint density at radius 2 is 2.24 bits per heavy atom. The molecule has 0 aliphatic heterocycles. The maximum absolute atomic E-state index is 13.6. The van der Waals surface area contributed by atoms with E-state index >= 15 is 0 Å². The number of nitrogens with two attached hydrogens (primary N) is 1. The number of nitro groups is 1. The third-order valence-electron chi connectivity index (χ3n) is 3.31. The molecule has 0 saturated heterocycles. The summed E-state index contributed by atoms with van der Waals surface area (Å²) in [5, 5.41) is 13.6. The number of nitrogens with zero attached hydrogens (tertiary/aromatic N) is 1. The summed E-state index contributed by atoms with van der Waals surface area (Å²) < 4.78 is 18.7. The summed E-state index contributed by atoms with van der Waals surface area (Å²) in [5.74, 6) is -1.70. The van der Waals surface area contributed by atoms with E-state index in [0.717, 1.165) is 6.07 Å². The molecule has 1 atom stereocenters. The Balaban J connectivity index is 2.65. The van der Waals surface area contributed by atoms with E-state index in [9.17, 15) is 19.3 Å². The first-order chi connectivity index (χ1) is 9.81. The largest absolute Gasteiger partial charge is 0.485 e. The van der Waals surface area contributed by atoms with Crippen LogP contribution in [0.15, 0.2) is 18.2 Å². The predicted molar refractivity (Wildman–Crippen MR) is 74.4 cm³/mol. The van der Waals surface area contributed by atoms with Gasteiger partial charge >= 0.3 is 5.69 Å². The normalized spacial score (nSPS) is 13.5. The van der Waals surface area contributed by atoms with Gasteiger partial charge in [-0.2, -0.15) is 0 Å². The Bertz CT molecular complexity index is 538. The van der Waals surface area contributed by atoms with Crippen LogP contribution in [0.1, 0.15) is 19.8 Å². The number of halogens is 1. The minimum Gasteiger partial charge on any atom is -0.485 e. The Labute approximate surface area is 121 Å². The van der Waals surface area contributed by atoms with Crippen LogP contribution < -0.4 is 15.8 Å². The van der Waals surface area contributed by atoms with Crippen LogP contribution in [0.3, 0.4) is 0 Å². The van der Waals surface area contributed by atoms with Gasteiger partial charge in [0.2, 0.25) is 11.7 Å². The number of likely N-dealkylation sites (N-methyl/N-ethyl adjacent to an activating group) is 1. The quantitative estimate of drug-likeness (QED) is 0.428. The number of para-hydroxylation sites is 1. The Hall–Kier alpha value is -2.22. The van der Waals surface area contributed by atoms with Gasteiger partial charge in [-0.25, -0.2) is 4.39 Å². The van der Waals surface area contributed by atoms with E-state index in [4.69, 9.17) is 10.5 Å². The van der Waals surface area contributed by atoms with Crippen LogP contribution in [0, 0.1) is 15.9 Å². The van der Waals surface area contributed by atoms with Crippen molar-refractivity contribution in [3.8, 4) is 5.75 Å². The van der Waals surface area contributed by atoms with Gasteiger partial charge in [-0.15, -0.1) is 0 Å². The average molecular weight is 299 g/mol. The van der Waals surface area contributed by atoms with Gasteiger partial charge in [0, 0.05) is 6.07 Å². The van der Waals surface area contributed by atoms with Gasteiger partial charge in [-0.3, -0.25) is 14.9 Å². The number of carbonyl (C=O) groups excluding carboxylic acids is 1. The number of nitrogens with one attached hydrogen (secondary N) is 1. The number of hydrogen-bond donors (Lipinski definition) is 2. The van der Waals surface area contributed by atoms with Gasteiger partial charge in [0.1, 0.15) is 0 Å². The highest BCUT2D eigenvalue weighted by Gasteiger charge is 2.28. The highest BCUT2D eigenvalue weighted by Crippen LogP contribution is 2.29. The van der Waals surface area contributed by atoms with Crippen LogP contribution in [0.5, 0.6) is 5.75 Å². The lowest BCUT2D eigenvalue weighted by Crippen LogP contribution is -2.51. The fraction of sp³-hybridized carbons (Fsp3) is 0.462. The first-order valence-corrected chi connectivity index (χ1v) is 6.36. The summed E-state index contributed by atoms with van der Waals surface area (Å²) >= 11 is 0. The Morgan fingerprint density at radius 1 is 1.57 bits per heavy atom. The van der Waals surface area contributed by atoms with Gasteiger partial charge in [0.15, 0.2) is 5.82 Å². The van der Waals surface area contributed by atoms with E-state index in [0.29, 0.717) is 12.8 Å². The zero-order chi connectivity index (χ0) is 16.0. The van der Waals surface area contributed by atoms with E-state index in [1.165, 1.54) is 12.1 Å². The lowest BCUT2D eigenvalue weighted by atomic mass is 9.95. The second-order valence-electron chi connectivity index (χ2n) is 4.74. The second-order valence-corrected chi connectivity index (χ2v) is 4.74. The highest BCUT2D eigenvalue weighted by atomic mass is 19.1. The molecular weight excluding hydrogens is 281 g/mol. The van der Waals surface area contributed by atoms with Gasteiger partial charge < -0.3 is 15.8 Å². The summed E-state index contributed by atoms with van der Waals surface area (Å²) in [7, 11) is 1.60. The van der Waals surface area contributed by atoms with Crippen LogP contribution in [0.25, 0.3) is 0 Å². The molecule has 0 aliphatic rings. The average Bonchev–Trinajstić information content (AvgIpc) is 2.43. The summed E-state index contributed by atoms with van der Waals surface area (Å²) in [6.07, 6.45) is 0.743. The molecule has 0 aromatic heterocycles. The molecule has 3 N–H and O–H groups in total. The van der Waals surface area contributed by atoms with Crippen LogP contribution in [0.2, 0.25) is 0 Å². The van der Waals surface area contributed by atoms with Gasteiger partial charge in [0.05, 0.1) is 17.1 Å². The minimum absolute atomic E-state index is 0.0341. The van der Waals surface area contributed by atoms with Crippen LogP contribution in [-0.2, 0) is 4.79 Å². The van der Waals surface area contributed by atoms with Crippen LogP contribution >= 0.6 is 0 Å². The number of nitro benzene ring substituents is 1. The standard InChI is InChI=1S/C13H18FN3O4/c1-13(16-2,12(15)18)7-4-8-21-11-9(14)5-3-6-10(11)17(19)20/h3,5-6,16H,4,7-8H2,1-2H3,(H2,15,18). The first-order valence-electron chi connectivity index (χ1n) is 6.36. The second kappa shape index (κ2) is 6.98. The lowest BCUT2D eigenvalue weighted by molar-refractivity contribution is -0.386. The summed E-state index contributed by atoms with van der Waals surface area (Å²) in [5.41, 5.74) is 3.94. The summed E-state index contributed by atoms with van der Waals surface area (Å²) in [6.45, 7) is 1.67. The third kappa shape index (κ3) is 4.12. The third-order valence-corrected chi connectivity index (χ3v) is 3.31. The van der Waals surface area contributed by atoms with Crippen molar-refractivity contribution in [3.63, 3.8) is 0 Å². The molecule has 0 bridgehead atoms. The van der Waals surface area contributed by atoms with Crippen molar-refractivity contribution < 1.29 is 18.8 Å². The summed E-state index contributed by atoms with van der Waals surface area (Å²) in [6, 6.07) is 3.49. The number of carbonyl (C=O) groups is 1. The van der Waals surface area contributed by atoms with Crippen molar-refractivity contribution >= 4 is 11.6 Å². The maximum Gasteiger partial charge on any atom is 0.314 e. The van der Waals surface area contributed by atoms with Crippen molar-refractivity contribution in [2.45, 2.75) is 25.3 Å². The molecule has 1 aromatic carbocycles.